The van der Waals surface area contributed by atoms with E-state index in [0.29, 0.717) is 12.0 Å². The molecule has 0 aromatic carbocycles. The molecular weight excluding hydrogens is 341 g/mol. The predicted molar refractivity (Wildman–Crippen MR) is 80.7 cm³/mol. The van der Waals surface area contributed by atoms with Gasteiger partial charge in [-0.25, -0.2) is 0 Å². The third kappa shape index (κ3) is 4.91. The minimum Gasteiger partial charge on any atom is -1.00 e. The van der Waals surface area contributed by atoms with Crippen molar-refractivity contribution in [2.75, 3.05) is 0 Å². The molecule has 0 aliphatic heterocycles. The molecule has 0 N–H and O–H groups in total. The van der Waals surface area contributed by atoms with E-state index in [0.717, 1.165) is 0 Å². The van der Waals surface area contributed by atoms with Crippen molar-refractivity contribution in [1.82, 2.24) is 4.57 Å². The zero-order valence-corrected chi connectivity index (χ0v) is 18.4. The number of allylic oxidation sites excluding steroid dienone is 3. The molecule has 1 aliphatic rings. The molecule has 0 saturated carbocycles. The maximum Gasteiger partial charge on any atom is 0.134 e. The number of halogens is 2. The first-order chi connectivity index (χ1) is 7.82. The van der Waals surface area contributed by atoms with Gasteiger partial charge >= 0.3 is 0 Å². The van der Waals surface area contributed by atoms with Crippen molar-refractivity contribution >= 4 is 8.96 Å². The molecule has 0 heterocycles. The van der Waals surface area contributed by atoms with Crippen molar-refractivity contribution in [2.24, 2.45) is 5.92 Å². The van der Waals surface area contributed by atoms with E-state index >= 15 is 0 Å². The third-order valence-corrected chi connectivity index (χ3v) is 6.40. The molecule has 1 nitrogen and oxygen atoms in total. The fourth-order valence-corrected chi connectivity index (χ4v) is 5.18. The molecule has 0 amide bonds. The van der Waals surface area contributed by atoms with Crippen LogP contribution in [-0.4, -0.2) is 19.6 Å². The van der Waals surface area contributed by atoms with Crippen LogP contribution < -0.4 is 24.8 Å². The van der Waals surface area contributed by atoms with Crippen molar-refractivity contribution in [2.45, 2.75) is 67.1 Å². The van der Waals surface area contributed by atoms with E-state index in [1.54, 1.807) is 11.3 Å². The second-order valence-electron chi connectivity index (χ2n) is 5.80. The Morgan fingerprint density at radius 3 is 1.80 bits per heavy atom. The van der Waals surface area contributed by atoms with Crippen molar-refractivity contribution in [3.05, 3.63) is 22.4 Å². The molecule has 0 radical (unpaired) electrons. The monoisotopic (exact) mass is 369 g/mol. The molecule has 0 saturated heterocycles. The molecule has 1 rings (SSSR count). The summed E-state index contributed by atoms with van der Waals surface area (Å²) < 4.78 is 2.76. The molecule has 2 unspecified atom stereocenters. The molecule has 0 spiro atoms. The molecule has 0 fully saturated rings. The molecule has 5 heteroatoms. The van der Waals surface area contributed by atoms with Gasteiger partial charge in [0.1, 0.15) is 8.96 Å². The summed E-state index contributed by atoms with van der Waals surface area (Å²) in [6, 6.07) is 0.688. The van der Waals surface area contributed by atoms with Crippen LogP contribution in [0.5, 0.6) is 0 Å². The fourth-order valence-electron chi connectivity index (χ4n) is 2.98. The summed E-state index contributed by atoms with van der Waals surface area (Å²) in [7, 11) is -0.797. The Labute approximate surface area is 155 Å². The van der Waals surface area contributed by atoms with Crippen LogP contribution >= 0.6 is 0 Å². The summed E-state index contributed by atoms with van der Waals surface area (Å²) in [5, 5.41) is 0. The number of hydrogen-bond acceptors (Lipinski definition) is 1. The van der Waals surface area contributed by atoms with Gasteiger partial charge in [0.25, 0.3) is 0 Å². The van der Waals surface area contributed by atoms with Gasteiger partial charge in [0.2, 0.25) is 0 Å². The topological polar surface area (TPSA) is 3.24 Å². The van der Waals surface area contributed by atoms with Crippen molar-refractivity contribution in [3.8, 4) is 0 Å². The predicted octanol–water partition coefficient (Wildman–Crippen LogP) is -1.66. The summed E-state index contributed by atoms with van der Waals surface area (Å²) in [4.78, 5) is 0. The molecule has 1 aliphatic carbocycles. The zero-order valence-electron chi connectivity index (χ0n) is 14.1. The Balaban J connectivity index is -0.000000963. The first-order valence-electron chi connectivity index (χ1n) is 6.99. The molecule has 2 atom stereocenters. The van der Waals surface area contributed by atoms with Gasteiger partial charge in [0.15, 0.2) is 0 Å². The van der Waals surface area contributed by atoms with Gasteiger partial charge in [0.05, 0.1) is 0 Å². The minimum absolute atomic E-state index is 0. The number of hydrogen-bond donors (Lipinski definition) is 0. The molecule has 0 aromatic heterocycles. The van der Waals surface area contributed by atoms with E-state index in [2.05, 4.69) is 59.2 Å². The van der Waals surface area contributed by atoms with Crippen LogP contribution in [0.3, 0.4) is 0 Å². The van der Waals surface area contributed by atoms with Crippen molar-refractivity contribution in [1.29, 1.82) is 0 Å². The van der Waals surface area contributed by atoms with Crippen LogP contribution in [0.4, 0.5) is 0 Å². The summed E-state index contributed by atoms with van der Waals surface area (Å²) in [6.45, 7) is 18.8. The van der Waals surface area contributed by atoms with Gasteiger partial charge in [-0.15, -0.1) is 0 Å². The summed E-state index contributed by atoms with van der Waals surface area (Å²) in [5.74, 6) is 0.624. The first-order valence-corrected chi connectivity index (χ1v) is 9.82. The van der Waals surface area contributed by atoms with Crippen LogP contribution in [0, 0.1) is 5.92 Å². The molecule has 0 bridgehead atoms. The molecular formula is C15H29Cl2NSiTi-2. The normalized spacial score (nSPS) is 19.4. The van der Waals surface area contributed by atoms with Crippen LogP contribution in [0.15, 0.2) is 22.4 Å². The minimum atomic E-state index is -0.797. The van der Waals surface area contributed by atoms with E-state index < -0.39 is 8.96 Å². The van der Waals surface area contributed by atoms with E-state index in [-0.39, 0.29) is 46.5 Å². The average Bonchev–Trinajstić information content (AvgIpc) is 2.46. The summed E-state index contributed by atoms with van der Waals surface area (Å²) in [6.07, 6.45) is 1.24. The Hall–Kier alpha value is 0.791. The SMILES string of the molecule is CCC(C)N(C1=C(C)C(C)=C(C)C1C)[SiH](C)C.[Cl-].[Cl-].[Ti]. The Morgan fingerprint density at radius 1 is 1.10 bits per heavy atom. The largest absolute Gasteiger partial charge is 1.00 e. The van der Waals surface area contributed by atoms with Gasteiger partial charge in [-0.05, 0) is 45.3 Å². The Morgan fingerprint density at radius 2 is 1.55 bits per heavy atom. The second kappa shape index (κ2) is 10.5. The molecule has 20 heavy (non-hydrogen) atoms. The average molecular weight is 370 g/mol. The van der Waals surface area contributed by atoms with Gasteiger partial charge in [-0.1, -0.05) is 32.5 Å². The fraction of sp³-hybridized carbons (Fsp3) is 0.733. The smallest absolute Gasteiger partial charge is 0.134 e. The number of nitrogens with zero attached hydrogens (tertiary/aromatic N) is 1. The summed E-state index contributed by atoms with van der Waals surface area (Å²) in [5.41, 5.74) is 6.25. The Kier molecular flexibility index (Phi) is 13.5. The first kappa shape index (κ1) is 25.7. The van der Waals surface area contributed by atoms with Gasteiger partial charge in [-0.2, -0.15) is 0 Å². The third-order valence-electron chi connectivity index (χ3n) is 4.50. The van der Waals surface area contributed by atoms with Crippen LogP contribution in [0.1, 0.15) is 48.0 Å². The van der Waals surface area contributed by atoms with Crippen LogP contribution in [-0.2, 0) is 21.7 Å². The van der Waals surface area contributed by atoms with Gasteiger partial charge in [0, 0.05) is 39.4 Å². The number of rotatable bonds is 4. The van der Waals surface area contributed by atoms with Crippen LogP contribution in [0.25, 0.3) is 0 Å². The van der Waals surface area contributed by atoms with E-state index in [1.165, 1.54) is 17.6 Å². The zero-order chi connectivity index (χ0) is 13.3. The maximum atomic E-state index is 2.76. The van der Waals surface area contributed by atoms with Gasteiger partial charge in [-0.3, -0.25) is 0 Å². The van der Waals surface area contributed by atoms with Crippen LogP contribution in [0.2, 0.25) is 13.1 Å². The second-order valence-corrected chi connectivity index (χ2v) is 8.54. The van der Waals surface area contributed by atoms with E-state index in [9.17, 15) is 0 Å². The van der Waals surface area contributed by atoms with E-state index in [4.69, 9.17) is 0 Å². The Bertz CT molecular complexity index is 367. The molecule has 0 aromatic rings. The van der Waals surface area contributed by atoms with Crippen molar-refractivity contribution < 1.29 is 46.5 Å². The van der Waals surface area contributed by atoms with E-state index in [1.807, 2.05) is 0 Å². The quantitative estimate of drug-likeness (QED) is 0.536. The van der Waals surface area contributed by atoms with Gasteiger partial charge < -0.3 is 29.4 Å². The summed E-state index contributed by atoms with van der Waals surface area (Å²) >= 11 is 0. The maximum absolute atomic E-state index is 2.76. The standard InChI is InChI=1S/C15H29NSi.2ClH.Ti/c1-9-10(2)16(17(7)8)15-13(5)11(3)12(4)14(15)6;;;/h10,13,17H,9H2,1-8H3;2*1H;/p-2. The molecule has 118 valence electrons. The van der Waals surface area contributed by atoms with Crippen molar-refractivity contribution in [3.63, 3.8) is 0 Å².